The number of hydrogen-bond donors (Lipinski definition) is 1. The van der Waals surface area contributed by atoms with Gasteiger partial charge >= 0.3 is 0 Å². The minimum Gasteiger partial charge on any atom is -0.507 e. The third-order valence-corrected chi connectivity index (χ3v) is 11.2. The topological polar surface area (TPSA) is 50.9 Å². The first-order chi connectivity index (χ1) is 27.0. The summed E-state index contributed by atoms with van der Waals surface area (Å²) in [5.74, 6) is 0.851. The van der Waals surface area contributed by atoms with Crippen LogP contribution in [-0.2, 0) is 37.3 Å². The molecule has 0 radical (unpaired) electrons. The number of rotatable bonds is 5. The Morgan fingerprint density at radius 2 is 1.31 bits per heavy atom. The molecule has 4 nitrogen and oxygen atoms in total. The molecule has 0 fully saturated rings. The van der Waals surface area contributed by atoms with E-state index in [9.17, 15) is 5.11 Å². The molecule has 6 aromatic carbocycles. The monoisotopic (exact) mass is 941 g/mol. The summed E-state index contributed by atoms with van der Waals surface area (Å²) in [5, 5.41) is 14.5. The summed E-state index contributed by atoms with van der Waals surface area (Å²) in [7, 11) is 0. The van der Waals surface area contributed by atoms with Crippen molar-refractivity contribution in [3.8, 4) is 56.3 Å². The number of fused-ring (bicyclic) bond motifs is 2. The molecule has 0 aliphatic rings. The second-order valence-electron chi connectivity index (χ2n) is 18.6. The molecule has 0 spiro atoms. The summed E-state index contributed by atoms with van der Waals surface area (Å²) in [5.41, 5.74) is 14.1. The molecule has 8 rings (SSSR count). The summed E-state index contributed by atoms with van der Waals surface area (Å²) in [6.45, 7) is 22.3. The van der Waals surface area contributed by atoms with Gasteiger partial charge in [-0.2, -0.15) is 0 Å². The first-order valence-corrected chi connectivity index (χ1v) is 20.0. The van der Waals surface area contributed by atoms with Crippen LogP contribution in [0.2, 0.25) is 0 Å². The van der Waals surface area contributed by atoms with Crippen molar-refractivity contribution < 1.29 is 26.2 Å². The SMILES string of the molecule is Cc1ccnc(-c2[c-]c(-c3cccc4c3nc(-c3ccc(-c5c(C(C)(C)C)ccc6cc(C(C)(C)C)ccc56)cc3O)n4-c3ccc(C(C)(C)C)cc3)ccc2)c1.[Pt]. The number of aryl methyl sites for hydroxylation is 1. The number of para-hydroxylation sites is 1. The molecule has 2 heterocycles. The van der Waals surface area contributed by atoms with E-state index in [1.54, 1.807) is 0 Å². The Labute approximate surface area is 358 Å². The minimum atomic E-state index is -0.117. The number of hydrogen-bond acceptors (Lipinski definition) is 3. The van der Waals surface area contributed by atoms with Gasteiger partial charge in [0, 0.05) is 38.6 Å². The molecular weight excluding hydrogens is 890 g/mol. The van der Waals surface area contributed by atoms with Gasteiger partial charge in [0.05, 0.1) is 16.6 Å². The van der Waals surface area contributed by atoms with Crippen molar-refractivity contribution in [1.82, 2.24) is 14.5 Å². The van der Waals surface area contributed by atoms with Gasteiger partial charge in [0.2, 0.25) is 0 Å². The largest absolute Gasteiger partial charge is 0.507 e. The van der Waals surface area contributed by atoms with Gasteiger partial charge in [-0.05, 0) is 98.2 Å². The van der Waals surface area contributed by atoms with Crippen LogP contribution in [0.3, 0.4) is 0 Å². The maximum absolute atomic E-state index is 12.2. The predicted octanol–water partition coefficient (Wildman–Crippen LogP) is 13.9. The second-order valence-corrected chi connectivity index (χ2v) is 18.6. The molecule has 58 heavy (non-hydrogen) atoms. The first kappa shape index (κ1) is 40.9. The van der Waals surface area contributed by atoms with Gasteiger partial charge in [-0.25, -0.2) is 4.98 Å². The van der Waals surface area contributed by atoms with E-state index in [2.05, 4.69) is 188 Å². The average Bonchev–Trinajstić information content (AvgIpc) is 3.55. The quantitative estimate of drug-likeness (QED) is 0.175. The molecule has 0 bridgehead atoms. The smallest absolute Gasteiger partial charge is 0.148 e. The Morgan fingerprint density at radius 1 is 0.621 bits per heavy atom. The Bertz CT molecular complexity index is 2810. The van der Waals surface area contributed by atoms with E-state index in [-0.39, 0.29) is 43.1 Å². The third kappa shape index (κ3) is 7.68. The average molecular weight is 942 g/mol. The number of aromatic nitrogens is 3. The van der Waals surface area contributed by atoms with Crippen molar-refractivity contribution >= 4 is 21.8 Å². The molecule has 0 saturated heterocycles. The molecule has 2 aromatic heterocycles. The fraction of sp³-hybridized carbons (Fsp3) is 0.245. The number of phenolic OH excluding ortho intramolecular Hbond substituents is 1. The van der Waals surface area contributed by atoms with Crippen molar-refractivity contribution in [2.24, 2.45) is 0 Å². The van der Waals surface area contributed by atoms with Crippen LogP contribution in [0, 0.1) is 13.0 Å². The summed E-state index contributed by atoms with van der Waals surface area (Å²) < 4.78 is 2.18. The second kappa shape index (κ2) is 15.1. The normalized spacial score (nSPS) is 12.2. The zero-order chi connectivity index (χ0) is 40.4. The molecular formula is C53H52N3OPt-. The number of phenols is 1. The van der Waals surface area contributed by atoms with Gasteiger partial charge in [0.1, 0.15) is 11.6 Å². The minimum absolute atomic E-state index is 0. The Morgan fingerprint density at radius 3 is 1.98 bits per heavy atom. The molecule has 1 N–H and O–H groups in total. The van der Waals surface area contributed by atoms with Gasteiger partial charge in [0.25, 0.3) is 0 Å². The van der Waals surface area contributed by atoms with E-state index < -0.39 is 0 Å². The van der Waals surface area contributed by atoms with Crippen LogP contribution in [-0.4, -0.2) is 19.6 Å². The van der Waals surface area contributed by atoms with Crippen LogP contribution in [0.1, 0.15) is 84.6 Å². The third-order valence-electron chi connectivity index (χ3n) is 11.2. The van der Waals surface area contributed by atoms with Gasteiger partial charge < -0.3 is 5.11 Å². The zero-order valence-electron chi connectivity index (χ0n) is 35.2. The van der Waals surface area contributed by atoms with Gasteiger partial charge in [-0.1, -0.05) is 146 Å². The molecule has 5 heteroatoms. The first-order valence-electron chi connectivity index (χ1n) is 20.0. The Balaban J connectivity index is 0.00000512. The number of pyridine rings is 1. The van der Waals surface area contributed by atoms with E-state index >= 15 is 0 Å². The van der Waals surface area contributed by atoms with Gasteiger partial charge in [-0.15, -0.1) is 29.8 Å². The van der Waals surface area contributed by atoms with Crippen molar-refractivity contribution in [1.29, 1.82) is 0 Å². The maximum Gasteiger partial charge on any atom is 0.148 e. The van der Waals surface area contributed by atoms with Crippen LogP contribution in [0.25, 0.3) is 72.4 Å². The van der Waals surface area contributed by atoms with Crippen molar-refractivity contribution in [3.05, 3.63) is 156 Å². The molecule has 0 amide bonds. The Kier molecular flexibility index (Phi) is 10.7. The molecule has 0 unspecified atom stereocenters. The van der Waals surface area contributed by atoms with Crippen LogP contribution in [0.15, 0.2) is 128 Å². The van der Waals surface area contributed by atoms with Crippen LogP contribution >= 0.6 is 0 Å². The number of nitrogens with zero attached hydrogens (tertiary/aromatic N) is 3. The van der Waals surface area contributed by atoms with Crippen LogP contribution in [0.4, 0.5) is 0 Å². The number of imidazole rings is 1. The summed E-state index contributed by atoms with van der Waals surface area (Å²) >= 11 is 0. The van der Waals surface area contributed by atoms with E-state index in [1.807, 2.05) is 24.4 Å². The predicted molar refractivity (Wildman–Crippen MR) is 239 cm³/mol. The number of aromatic hydroxyl groups is 1. The fourth-order valence-electron chi connectivity index (χ4n) is 7.94. The molecule has 0 saturated carbocycles. The van der Waals surface area contributed by atoms with E-state index in [0.717, 1.165) is 55.8 Å². The van der Waals surface area contributed by atoms with Crippen molar-refractivity contribution in [2.45, 2.75) is 85.5 Å². The molecule has 296 valence electrons. The van der Waals surface area contributed by atoms with Gasteiger partial charge in [0.15, 0.2) is 0 Å². The van der Waals surface area contributed by atoms with Gasteiger partial charge in [-0.3, -0.25) is 9.55 Å². The molecule has 0 aliphatic heterocycles. The molecule has 0 atom stereocenters. The molecule has 0 aliphatic carbocycles. The maximum atomic E-state index is 12.2. The van der Waals surface area contributed by atoms with Crippen LogP contribution in [0.5, 0.6) is 5.75 Å². The van der Waals surface area contributed by atoms with E-state index in [1.165, 1.54) is 27.5 Å². The number of benzene rings is 6. The fourth-order valence-corrected chi connectivity index (χ4v) is 7.94. The summed E-state index contributed by atoms with van der Waals surface area (Å²) in [6, 6.07) is 46.4. The van der Waals surface area contributed by atoms with E-state index in [4.69, 9.17) is 4.98 Å². The Hall–Kier alpha value is -5.31. The standard InChI is InChI=1S/C53H52N3O.Pt/c1-33-27-28-54-45(29-33)36-14-11-13-34(30-36)42-15-12-16-46-49(42)55-50(56(46)40-22-19-38(20-23-40)51(2,3)4)43-24-17-37(32-47(43)57)48-41-25-21-39(52(5,6)7)31-35(41)18-26-44(48)53(8,9)10;/h11-29,31-32,57H,1-10H3;/q-1;. The van der Waals surface area contributed by atoms with Crippen LogP contribution < -0.4 is 0 Å². The van der Waals surface area contributed by atoms with Crippen molar-refractivity contribution in [2.75, 3.05) is 0 Å². The summed E-state index contributed by atoms with van der Waals surface area (Å²) in [6.07, 6.45) is 1.84. The summed E-state index contributed by atoms with van der Waals surface area (Å²) in [4.78, 5) is 10.0. The zero-order valence-corrected chi connectivity index (χ0v) is 37.5. The molecule has 8 aromatic rings. The van der Waals surface area contributed by atoms with E-state index in [0.29, 0.717) is 11.4 Å². The van der Waals surface area contributed by atoms with Crippen molar-refractivity contribution in [3.63, 3.8) is 0 Å².